The molecule has 3 heterocycles. The highest BCUT2D eigenvalue weighted by molar-refractivity contribution is 7.91. The van der Waals surface area contributed by atoms with Crippen LogP contribution in [-0.4, -0.2) is 54.2 Å². The first-order valence-corrected chi connectivity index (χ1v) is 12.8. The van der Waals surface area contributed by atoms with Gasteiger partial charge in [-0.3, -0.25) is 14.5 Å². The van der Waals surface area contributed by atoms with Crippen LogP contribution in [-0.2, 0) is 32.1 Å². The molecule has 1 atom stereocenters. The quantitative estimate of drug-likeness (QED) is 0.562. The summed E-state index contributed by atoms with van der Waals surface area (Å²) in [7, 11) is -3.28. The maximum atomic E-state index is 14.5. The van der Waals surface area contributed by atoms with Gasteiger partial charge < -0.3 is 4.90 Å². The molecule has 0 radical (unpaired) electrons. The Morgan fingerprint density at radius 1 is 1.09 bits per heavy atom. The van der Waals surface area contributed by atoms with Crippen molar-refractivity contribution in [3.63, 3.8) is 0 Å². The van der Waals surface area contributed by atoms with Crippen LogP contribution in [0.5, 0.6) is 0 Å². The zero-order valence-corrected chi connectivity index (χ0v) is 19.7. The lowest BCUT2D eigenvalue weighted by molar-refractivity contribution is -0.146. The maximum Gasteiger partial charge on any atom is 0.416 e. The largest absolute Gasteiger partial charge is 0.416 e. The number of alkyl halides is 3. The summed E-state index contributed by atoms with van der Waals surface area (Å²) in [5, 5.41) is 0.00000213. The van der Waals surface area contributed by atoms with Crippen molar-refractivity contribution in [3.8, 4) is 0 Å². The van der Waals surface area contributed by atoms with E-state index < -0.39 is 57.7 Å². The number of amides is 2. The van der Waals surface area contributed by atoms with E-state index >= 15 is 0 Å². The zero-order chi connectivity index (χ0) is 25.5. The van der Waals surface area contributed by atoms with Gasteiger partial charge in [-0.05, 0) is 42.5 Å². The minimum atomic E-state index is -4.53. The first-order chi connectivity index (χ1) is 16.4. The molecule has 0 spiro atoms. The summed E-state index contributed by atoms with van der Waals surface area (Å²) in [6.07, 6.45) is -3.17. The predicted molar refractivity (Wildman–Crippen MR) is 119 cm³/mol. The summed E-state index contributed by atoms with van der Waals surface area (Å²) in [5.74, 6) is -3.37. The molecule has 4 rings (SSSR count). The minimum absolute atomic E-state index is 0.00000213. The lowest BCUT2D eigenvalue weighted by Crippen LogP contribution is -2.63. The van der Waals surface area contributed by atoms with Gasteiger partial charge in [0, 0.05) is 12.7 Å². The monoisotopic (exact) mass is 533 g/mol. The minimum Gasteiger partial charge on any atom is -0.324 e. The second-order valence-electron chi connectivity index (χ2n) is 8.53. The van der Waals surface area contributed by atoms with Crippen LogP contribution < -0.4 is 4.90 Å². The topological polar surface area (TPSA) is 87.7 Å². The third-order valence-corrected chi connectivity index (χ3v) is 8.11. The summed E-state index contributed by atoms with van der Waals surface area (Å²) >= 11 is 5.74. The molecule has 7 nitrogen and oxygen atoms in total. The fourth-order valence-electron chi connectivity index (χ4n) is 4.40. The van der Waals surface area contributed by atoms with Gasteiger partial charge >= 0.3 is 6.18 Å². The molecule has 1 unspecified atom stereocenters. The second kappa shape index (κ2) is 9.38. The van der Waals surface area contributed by atoms with Gasteiger partial charge in [0.15, 0.2) is 11.6 Å². The number of nitrogens with zero attached hydrogens (tertiary/aromatic N) is 3. The molecule has 1 aromatic heterocycles. The van der Waals surface area contributed by atoms with Gasteiger partial charge in [-0.25, -0.2) is 17.8 Å². The number of benzene rings is 1. The Morgan fingerprint density at radius 3 is 2.29 bits per heavy atom. The van der Waals surface area contributed by atoms with Crippen molar-refractivity contribution >= 4 is 39.1 Å². The third kappa shape index (κ3) is 5.43. The molecule has 0 bridgehead atoms. The van der Waals surface area contributed by atoms with E-state index in [4.69, 9.17) is 11.6 Å². The van der Waals surface area contributed by atoms with Gasteiger partial charge in [0.2, 0.25) is 5.91 Å². The Bertz CT molecular complexity index is 1240. The summed E-state index contributed by atoms with van der Waals surface area (Å²) < 4.78 is 77.1. The van der Waals surface area contributed by atoms with Crippen LogP contribution in [0.2, 0.25) is 5.02 Å². The molecule has 2 amide bonds. The lowest BCUT2D eigenvalue weighted by Gasteiger charge is -2.44. The summed E-state index contributed by atoms with van der Waals surface area (Å²) in [5.41, 5.74) is -0.497. The van der Waals surface area contributed by atoms with E-state index in [0.29, 0.717) is 5.56 Å². The van der Waals surface area contributed by atoms with Crippen LogP contribution >= 0.6 is 11.6 Å². The molecule has 13 heteroatoms. The number of halogens is 5. The van der Waals surface area contributed by atoms with Gasteiger partial charge in [0.25, 0.3) is 5.91 Å². The van der Waals surface area contributed by atoms with E-state index in [-0.39, 0.29) is 41.7 Å². The molecule has 2 aliphatic rings. The second-order valence-corrected chi connectivity index (χ2v) is 11.3. The normalized spacial score (nSPS) is 21.5. The van der Waals surface area contributed by atoms with Gasteiger partial charge in [0.1, 0.15) is 22.4 Å². The molecule has 2 aliphatic heterocycles. The molecule has 0 saturated carbocycles. The molecule has 1 aromatic carbocycles. The number of hydrogen-bond donors (Lipinski definition) is 0. The Hall–Kier alpha value is -2.73. The Labute approximate surface area is 203 Å². The Morgan fingerprint density at radius 2 is 1.71 bits per heavy atom. The van der Waals surface area contributed by atoms with Crippen molar-refractivity contribution in [1.82, 2.24) is 9.88 Å². The first kappa shape index (κ1) is 25.4. The van der Waals surface area contributed by atoms with Gasteiger partial charge in [-0.1, -0.05) is 23.7 Å². The zero-order valence-electron chi connectivity index (χ0n) is 18.1. The third-order valence-electron chi connectivity index (χ3n) is 6.19. The van der Waals surface area contributed by atoms with Crippen molar-refractivity contribution in [3.05, 3.63) is 58.5 Å². The Kier molecular flexibility index (Phi) is 6.80. The molecule has 2 saturated heterocycles. The Balaban J connectivity index is 1.67. The molecule has 2 aromatic rings. The van der Waals surface area contributed by atoms with Gasteiger partial charge in [-0.2, -0.15) is 13.2 Å². The van der Waals surface area contributed by atoms with Gasteiger partial charge in [-0.15, -0.1) is 0 Å². The molecule has 0 N–H and O–H groups in total. The molecule has 35 heavy (non-hydrogen) atoms. The molecular weight excluding hydrogens is 514 g/mol. The van der Waals surface area contributed by atoms with E-state index in [1.165, 1.54) is 17.0 Å². The summed E-state index contributed by atoms with van der Waals surface area (Å²) in [4.78, 5) is 32.7. The van der Waals surface area contributed by atoms with E-state index in [2.05, 4.69) is 4.98 Å². The molecule has 2 fully saturated rings. The van der Waals surface area contributed by atoms with Crippen molar-refractivity contribution in [2.75, 3.05) is 23.0 Å². The maximum absolute atomic E-state index is 14.5. The predicted octanol–water partition coefficient (Wildman–Crippen LogP) is 3.46. The average molecular weight is 534 g/mol. The number of carbonyl (C=O) groups excluding carboxylic acids is 2. The number of anilines is 1. The van der Waals surface area contributed by atoms with E-state index in [0.717, 1.165) is 29.3 Å². The first-order valence-electron chi connectivity index (χ1n) is 10.6. The van der Waals surface area contributed by atoms with Crippen molar-refractivity contribution in [2.45, 2.75) is 31.6 Å². The van der Waals surface area contributed by atoms with Crippen LogP contribution in [0.1, 0.15) is 24.0 Å². The van der Waals surface area contributed by atoms with Crippen molar-refractivity contribution in [2.24, 2.45) is 5.92 Å². The highest BCUT2D eigenvalue weighted by atomic mass is 35.5. The standard InChI is InChI=1S/C22H20ClF4N3O4S/c23-16-9-17(24)20(28-10-16)30-12-18(31)29(11-13-1-3-15(4-2-13)22(25,26)27)19(21(30)32)14-5-7-35(33,34)8-6-14/h1-4,9-10,14,19H,5-8,11-12H2. The summed E-state index contributed by atoms with van der Waals surface area (Å²) in [6.45, 7) is -0.701. The highest BCUT2D eigenvalue weighted by Gasteiger charge is 2.46. The van der Waals surface area contributed by atoms with E-state index in [1.54, 1.807) is 0 Å². The number of carbonyl (C=O) groups is 2. The fraction of sp³-hybridized carbons (Fsp3) is 0.409. The number of piperazine rings is 1. The molecule has 188 valence electrons. The fourth-order valence-corrected chi connectivity index (χ4v) is 6.07. The highest BCUT2D eigenvalue weighted by Crippen LogP contribution is 2.34. The number of rotatable bonds is 4. The van der Waals surface area contributed by atoms with Crippen molar-refractivity contribution < 1.29 is 35.6 Å². The van der Waals surface area contributed by atoms with Crippen LogP contribution in [0.3, 0.4) is 0 Å². The molecular formula is C22H20ClF4N3O4S. The number of aromatic nitrogens is 1. The van der Waals surface area contributed by atoms with E-state index in [1.807, 2.05) is 0 Å². The van der Waals surface area contributed by atoms with Crippen LogP contribution in [0, 0.1) is 11.7 Å². The lowest BCUT2D eigenvalue weighted by atomic mass is 9.89. The van der Waals surface area contributed by atoms with Crippen LogP contribution in [0.25, 0.3) is 0 Å². The summed E-state index contributed by atoms with van der Waals surface area (Å²) in [6, 6.07) is 4.02. The number of pyridine rings is 1. The van der Waals surface area contributed by atoms with Gasteiger partial charge in [0.05, 0.1) is 22.1 Å². The van der Waals surface area contributed by atoms with Crippen LogP contribution in [0.15, 0.2) is 36.5 Å². The average Bonchev–Trinajstić information content (AvgIpc) is 2.77. The number of sulfone groups is 1. The van der Waals surface area contributed by atoms with E-state index in [9.17, 15) is 35.6 Å². The SMILES string of the molecule is O=C1C(C2CCS(=O)(=O)CC2)N(Cc2ccc(C(F)(F)F)cc2)C(=O)CN1c1ncc(Cl)cc1F. The smallest absolute Gasteiger partial charge is 0.324 e. The van der Waals surface area contributed by atoms with Crippen LogP contribution in [0.4, 0.5) is 23.4 Å². The van der Waals surface area contributed by atoms with Crippen molar-refractivity contribution in [1.29, 1.82) is 0 Å². The molecule has 0 aliphatic carbocycles. The number of hydrogen-bond acceptors (Lipinski definition) is 5.